The Balaban J connectivity index is 0.000000339. The molecule has 1 aromatic heterocycles. The molecule has 10 nitrogen and oxygen atoms in total. The molecule has 164 valence electrons. The second kappa shape index (κ2) is 8.58. The van der Waals surface area contributed by atoms with Crippen molar-refractivity contribution in [2.75, 3.05) is 36.0 Å². The second-order valence-electron chi connectivity index (χ2n) is 7.06. The van der Waals surface area contributed by atoms with Crippen LogP contribution in [0.4, 0.5) is 30.5 Å². The van der Waals surface area contributed by atoms with Gasteiger partial charge in [0.1, 0.15) is 0 Å². The highest BCUT2D eigenvalue weighted by Crippen LogP contribution is 2.36. The van der Waals surface area contributed by atoms with Gasteiger partial charge < -0.3 is 14.9 Å². The van der Waals surface area contributed by atoms with E-state index in [4.69, 9.17) is 15.2 Å². The van der Waals surface area contributed by atoms with Crippen molar-refractivity contribution in [2.45, 2.75) is 19.0 Å². The summed E-state index contributed by atoms with van der Waals surface area (Å²) < 4.78 is 31.7. The number of aliphatic carboxylic acids is 1. The van der Waals surface area contributed by atoms with E-state index < -0.39 is 17.1 Å². The number of carbonyl (C=O) groups is 1. The maximum atomic E-state index is 11.2. The molecule has 3 heterocycles. The number of carboxylic acids is 1. The van der Waals surface area contributed by atoms with Crippen LogP contribution in [-0.2, 0) is 4.79 Å². The van der Waals surface area contributed by atoms with Crippen LogP contribution in [0.5, 0.6) is 0 Å². The van der Waals surface area contributed by atoms with Crippen LogP contribution >= 0.6 is 0 Å². The topological polar surface area (TPSA) is 136 Å². The minimum atomic E-state index is -5.08. The van der Waals surface area contributed by atoms with Crippen molar-refractivity contribution < 1.29 is 28.0 Å². The normalized spacial score (nSPS) is 16.3. The number of anilines is 2. The van der Waals surface area contributed by atoms with Crippen LogP contribution in [-0.4, -0.2) is 58.6 Å². The molecule has 0 saturated carbocycles. The van der Waals surface area contributed by atoms with Crippen LogP contribution in [0.3, 0.4) is 0 Å². The Kier molecular flexibility index (Phi) is 6.09. The molecule has 0 atom stereocenters. The zero-order valence-corrected chi connectivity index (χ0v) is 16.0. The molecule has 2 aliphatic heterocycles. The number of halogens is 3. The highest BCUT2D eigenvalue weighted by molar-refractivity contribution is 6.00. The number of non-ortho nitro benzene ring substituents is 1. The summed E-state index contributed by atoms with van der Waals surface area (Å²) in [4.78, 5) is 23.8. The lowest BCUT2D eigenvalue weighted by Gasteiger charge is -2.36. The molecule has 0 aliphatic carbocycles. The number of carboxylic acid groups (broad SMARTS) is 1. The first-order valence-electron chi connectivity index (χ1n) is 9.26. The van der Waals surface area contributed by atoms with E-state index in [0.717, 1.165) is 42.5 Å². The SMILES string of the molecule is N#CC1CN(c2nnc(N3CCCC3)c3ccc([N+](=O)[O-])cc23)C1.O=C(O)C(F)(F)F. The number of hydrogen-bond donors (Lipinski definition) is 1. The van der Waals surface area contributed by atoms with E-state index in [1.54, 1.807) is 12.1 Å². The number of alkyl halides is 3. The molecule has 1 aromatic carbocycles. The Morgan fingerprint density at radius 3 is 2.19 bits per heavy atom. The number of benzene rings is 1. The van der Waals surface area contributed by atoms with Gasteiger partial charge in [0, 0.05) is 49.1 Å². The lowest BCUT2D eigenvalue weighted by atomic mass is 10.0. The van der Waals surface area contributed by atoms with Gasteiger partial charge in [-0.1, -0.05) is 0 Å². The van der Waals surface area contributed by atoms with E-state index in [9.17, 15) is 23.3 Å². The van der Waals surface area contributed by atoms with Gasteiger partial charge in [-0.15, -0.1) is 10.2 Å². The highest BCUT2D eigenvalue weighted by atomic mass is 19.4. The first-order chi connectivity index (χ1) is 14.6. The molecule has 0 unspecified atom stereocenters. The molecule has 13 heteroatoms. The lowest BCUT2D eigenvalue weighted by molar-refractivity contribution is -0.384. The van der Waals surface area contributed by atoms with Crippen molar-refractivity contribution >= 4 is 34.1 Å². The molecule has 31 heavy (non-hydrogen) atoms. The summed E-state index contributed by atoms with van der Waals surface area (Å²) in [5, 5.41) is 37.6. The summed E-state index contributed by atoms with van der Waals surface area (Å²) in [6.07, 6.45) is -2.85. The number of aromatic nitrogens is 2. The van der Waals surface area contributed by atoms with E-state index >= 15 is 0 Å². The molecule has 2 saturated heterocycles. The van der Waals surface area contributed by atoms with Gasteiger partial charge in [0.15, 0.2) is 11.6 Å². The molecule has 2 aliphatic rings. The van der Waals surface area contributed by atoms with Crippen LogP contribution in [0.15, 0.2) is 18.2 Å². The summed E-state index contributed by atoms with van der Waals surface area (Å²) in [5.74, 6) is -1.35. The molecule has 2 fully saturated rings. The van der Waals surface area contributed by atoms with Crippen LogP contribution in [0, 0.1) is 27.4 Å². The Hall–Kier alpha value is -3.69. The summed E-state index contributed by atoms with van der Waals surface area (Å²) in [6, 6.07) is 7.08. The van der Waals surface area contributed by atoms with Crippen molar-refractivity contribution in [3.63, 3.8) is 0 Å². The lowest BCUT2D eigenvalue weighted by Crippen LogP contribution is -2.46. The van der Waals surface area contributed by atoms with Crippen molar-refractivity contribution in [3.05, 3.63) is 28.3 Å². The van der Waals surface area contributed by atoms with Crippen molar-refractivity contribution in [2.24, 2.45) is 5.92 Å². The number of nitro benzene ring substituents is 1. The Bertz CT molecular complexity index is 1040. The second-order valence-corrected chi connectivity index (χ2v) is 7.06. The summed E-state index contributed by atoms with van der Waals surface area (Å²) >= 11 is 0. The fraction of sp³-hybridized carbons (Fsp3) is 0.444. The predicted molar refractivity (Wildman–Crippen MR) is 103 cm³/mol. The third-order valence-electron chi connectivity index (χ3n) is 4.95. The average molecular weight is 438 g/mol. The van der Waals surface area contributed by atoms with Crippen molar-refractivity contribution in [1.29, 1.82) is 5.26 Å². The molecular weight excluding hydrogens is 421 g/mol. The van der Waals surface area contributed by atoms with E-state index in [2.05, 4.69) is 21.2 Å². The van der Waals surface area contributed by atoms with Crippen LogP contribution in [0.1, 0.15) is 12.8 Å². The molecule has 0 amide bonds. The fourth-order valence-corrected chi connectivity index (χ4v) is 3.36. The molecule has 1 N–H and O–H groups in total. The van der Waals surface area contributed by atoms with E-state index in [0.29, 0.717) is 18.9 Å². The molecule has 4 rings (SSSR count). The van der Waals surface area contributed by atoms with Crippen LogP contribution in [0.25, 0.3) is 10.8 Å². The molecule has 0 spiro atoms. The quantitative estimate of drug-likeness (QED) is 0.566. The van der Waals surface area contributed by atoms with Gasteiger partial charge in [0.2, 0.25) is 0 Å². The largest absolute Gasteiger partial charge is 0.490 e. The molecular formula is C18H17F3N6O4. The number of nitro groups is 1. The minimum Gasteiger partial charge on any atom is -0.475 e. The fourth-order valence-electron chi connectivity index (χ4n) is 3.36. The molecule has 0 radical (unpaired) electrons. The first-order valence-corrected chi connectivity index (χ1v) is 9.26. The minimum absolute atomic E-state index is 0.0150. The number of nitrogens with zero attached hydrogens (tertiary/aromatic N) is 6. The maximum absolute atomic E-state index is 11.2. The van der Waals surface area contributed by atoms with E-state index in [-0.39, 0.29) is 11.6 Å². The van der Waals surface area contributed by atoms with E-state index in [1.807, 2.05) is 4.90 Å². The summed E-state index contributed by atoms with van der Waals surface area (Å²) in [7, 11) is 0. The van der Waals surface area contributed by atoms with E-state index in [1.165, 1.54) is 6.07 Å². The zero-order chi connectivity index (χ0) is 22.8. The molecule has 0 bridgehead atoms. The Morgan fingerprint density at radius 1 is 1.16 bits per heavy atom. The van der Waals surface area contributed by atoms with Gasteiger partial charge in [-0.2, -0.15) is 18.4 Å². The molecule has 2 aromatic rings. The number of hydrogen-bond acceptors (Lipinski definition) is 8. The van der Waals surface area contributed by atoms with Crippen molar-refractivity contribution in [3.8, 4) is 6.07 Å². The van der Waals surface area contributed by atoms with Gasteiger partial charge in [-0.3, -0.25) is 10.1 Å². The van der Waals surface area contributed by atoms with Gasteiger partial charge in [-0.05, 0) is 18.9 Å². The van der Waals surface area contributed by atoms with Gasteiger partial charge in [-0.25, -0.2) is 4.79 Å². The third-order valence-corrected chi connectivity index (χ3v) is 4.95. The summed E-state index contributed by atoms with van der Waals surface area (Å²) in [5.41, 5.74) is 0.0430. The third kappa shape index (κ3) is 4.73. The smallest absolute Gasteiger partial charge is 0.475 e. The van der Waals surface area contributed by atoms with Gasteiger partial charge in [0.05, 0.1) is 16.9 Å². The number of fused-ring (bicyclic) bond motifs is 1. The van der Waals surface area contributed by atoms with Crippen LogP contribution < -0.4 is 9.80 Å². The number of nitriles is 1. The predicted octanol–water partition coefficient (Wildman–Crippen LogP) is 2.73. The Morgan fingerprint density at radius 2 is 1.71 bits per heavy atom. The van der Waals surface area contributed by atoms with Gasteiger partial charge >= 0.3 is 12.1 Å². The highest BCUT2D eigenvalue weighted by Gasteiger charge is 2.38. The maximum Gasteiger partial charge on any atom is 0.490 e. The van der Waals surface area contributed by atoms with Gasteiger partial charge in [0.25, 0.3) is 5.69 Å². The standard InChI is InChI=1S/C16H16N6O2.C2HF3O2/c17-8-11-9-21(10-11)16-14-7-12(22(23)24)3-4-13(14)15(18-19-16)20-5-1-2-6-20;3-2(4,5)1(6)7/h3-4,7,11H,1-2,5-6,9-10H2;(H,6,7). The monoisotopic (exact) mass is 438 g/mol. The zero-order valence-electron chi connectivity index (χ0n) is 16.0. The average Bonchev–Trinajstić information content (AvgIpc) is 3.21. The first kappa shape index (κ1) is 22.0. The van der Waals surface area contributed by atoms with Crippen molar-refractivity contribution in [1.82, 2.24) is 10.2 Å². The Labute approximate surface area is 173 Å². The van der Waals surface area contributed by atoms with Crippen LogP contribution in [0.2, 0.25) is 0 Å². The summed E-state index contributed by atoms with van der Waals surface area (Å²) in [6.45, 7) is 3.04. The number of rotatable bonds is 3.